The van der Waals surface area contributed by atoms with Crippen molar-refractivity contribution in [1.29, 1.82) is 0 Å². The van der Waals surface area contributed by atoms with E-state index in [9.17, 15) is 9.59 Å². The van der Waals surface area contributed by atoms with E-state index in [4.69, 9.17) is 9.47 Å². The first-order valence-corrected chi connectivity index (χ1v) is 9.72. The molecule has 0 aliphatic carbocycles. The molecule has 5 heteroatoms. The van der Waals surface area contributed by atoms with Gasteiger partial charge in [0.15, 0.2) is 5.97 Å². The zero-order valence-electron chi connectivity index (χ0n) is 17.1. The van der Waals surface area contributed by atoms with Gasteiger partial charge in [0.25, 0.3) is 5.97 Å². The Labute approximate surface area is 177 Å². The van der Waals surface area contributed by atoms with Crippen LogP contribution >= 0.6 is 0 Å². The van der Waals surface area contributed by atoms with Gasteiger partial charge < -0.3 is 9.47 Å². The molecule has 0 N–H and O–H groups in total. The van der Waals surface area contributed by atoms with Crippen molar-refractivity contribution in [2.75, 3.05) is 13.2 Å². The largest absolute Gasteiger partial charge is 1.00 e. The van der Waals surface area contributed by atoms with Gasteiger partial charge in [0.1, 0.15) is 0 Å². The standard InChI is InChI=1S/C20H37O4.Na/c1-5-9-11-17(7-3)15-23-19(21)13-14-20(22)24-16-18(8-4)12-10-6-2;/h13,17-18H,5-12,14-16H2,1-4H3;/q-1;+1. The van der Waals surface area contributed by atoms with Crippen LogP contribution in [-0.2, 0) is 19.1 Å². The molecule has 0 radical (unpaired) electrons. The molecule has 2 atom stereocenters. The summed E-state index contributed by atoms with van der Waals surface area (Å²) in [7, 11) is 0. The van der Waals surface area contributed by atoms with Crippen molar-refractivity contribution in [3.63, 3.8) is 0 Å². The molecule has 0 saturated carbocycles. The SMILES string of the molecule is CCCCC(CC)COC(=O)[CH-]CC(=O)OCC(CC)CCCC.[Na+]. The van der Waals surface area contributed by atoms with E-state index in [1.807, 2.05) is 0 Å². The Morgan fingerprint density at radius 2 is 1.32 bits per heavy atom. The maximum absolute atomic E-state index is 11.7. The van der Waals surface area contributed by atoms with Crippen LogP contribution in [0.1, 0.15) is 85.5 Å². The topological polar surface area (TPSA) is 52.6 Å². The molecule has 0 aliphatic rings. The van der Waals surface area contributed by atoms with Crippen molar-refractivity contribution < 1.29 is 48.6 Å². The van der Waals surface area contributed by atoms with Gasteiger partial charge in [-0.3, -0.25) is 16.0 Å². The Morgan fingerprint density at radius 1 is 0.840 bits per heavy atom. The summed E-state index contributed by atoms with van der Waals surface area (Å²) < 4.78 is 10.5. The summed E-state index contributed by atoms with van der Waals surface area (Å²) in [6.07, 6.45) is 10.1. The van der Waals surface area contributed by atoms with Crippen molar-refractivity contribution in [2.45, 2.75) is 85.5 Å². The third-order valence-corrected chi connectivity index (χ3v) is 4.46. The van der Waals surface area contributed by atoms with Crippen molar-refractivity contribution in [2.24, 2.45) is 11.8 Å². The Morgan fingerprint density at radius 3 is 1.76 bits per heavy atom. The van der Waals surface area contributed by atoms with Crippen molar-refractivity contribution in [3.8, 4) is 0 Å². The molecule has 0 aromatic carbocycles. The smallest absolute Gasteiger partial charge is 0.488 e. The number of hydrogen-bond donors (Lipinski definition) is 0. The van der Waals surface area contributed by atoms with Crippen LogP contribution in [0.4, 0.5) is 0 Å². The number of ether oxygens (including phenoxy) is 2. The summed E-state index contributed by atoms with van der Waals surface area (Å²) in [6.45, 7) is 9.43. The van der Waals surface area contributed by atoms with E-state index in [1.165, 1.54) is 6.42 Å². The van der Waals surface area contributed by atoms with E-state index in [-0.39, 0.29) is 41.9 Å². The molecule has 0 amide bonds. The molecule has 0 bridgehead atoms. The van der Waals surface area contributed by atoms with E-state index in [2.05, 4.69) is 27.7 Å². The average molecular weight is 365 g/mol. The van der Waals surface area contributed by atoms with E-state index in [1.54, 1.807) is 0 Å². The zero-order valence-corrected chi connectivity index (χ0v) is 19.1. The second kappa shape index (κ2) is 18.6. The van der Waals surface area contributed by atoms with Gasteiger partial charge in [-0.25, -0.2) is 0 Å². The number of hydrogen-bond acceptors (Lipinski definition) is 4. The normalized spacial score (nSPS) is 12.6. The molecule has 4 nitrogen and oxygen atoms in total. The molecular formula is C20H37NaO4. The first kappa shape index (κ1) is 27.0. The van der Waals surface area contributed by atoms with Gasteiger partial charge in [-0.05, 0) is 24.7 Å². The Hall–Kier alpha value is -0.190. The van der Waals surface area contributed by atoms with E-state index < -0.39 is 5.97 Å². The average Bonchev–Trinajstić information content (AvgIpc) is 2.60. The van der Waals surface area contributed by atoms with Crippen LogP contribution in [0, 0.1) is 18.3 Å². The number of unbranched alkanes of at least 4 members (excludes halogenated alkanes) is 2. The predicted octanol–water partition coefficient (Wildman–Crippen LogP) is 2.10. The Kier molecular flexibility index (Phi) is 20.1. The third kappa shape index (κ3) is 15.8. The zero-order chi connectivity index (χ0) is 18.2. The summed E-state index contributed by atoms with van der Waals surface area (Å²) in [4.78, 5) is 23.4. The van der Waals surface area contributed by atoms with E-state index >= 15 is 0 Å². The Bertz CT molecular complexity index is 302. The van der Waals surface area contributed by atoms with Gasteiger partial charge in [0.2, 0.25) is 0 Å². The quantitative estimate of drug-likeness (QED) is 0.254. The van der Waals surface area contributed by atoms with Gasteiger partial charge >= 0.3 is 29.6 Å². The molecule has 0 aromatic rings. The van der Waals surface area contributed by atoms with Crippen LogP contribution in [0.3, 0.4) is 0 Å². The summed E-state index contributed by atoms with van der Waals surface area (Å²) in [5, 5.41) is 0. The van der Waals surface area contributed by atoms with Gasteiger partial charge in [-0.15, -0.1) is 0 Å². The van der Waals surface area contributed by atoms with Crippen LogP contribution in [0.25, 0.3) is 0 Å². The minimum absolute atomic E-state index is 0. The second-order valence-corrected chi connectivity index (χ2v) is 6.55. The van der Waals surface area contributed by atoms with E-state index in [0.29, 0.717) is 25.0 Å². The summed E-state index contributed by atoms with van der Waals surface area (Å²) >= 11 is 0. The molecule has 25 heavy (non-hydrogen) atoms. The maximum atomic E-state index is 11.7. The number of esters is 2. The van der Waals surface area contributed by atoms with Crippen LogP contribution in [-0.4, -0.2) is 25.2 Å². The molecule has 0 aromatic heterocycles. The molecule has 0 heterocycles. The maximum Gasteiger partial charge on any atom is 1.00 e. The number of carbonyl (C=O) groups is 2. The summed E-state index contributed by atoms with van der Waals surface area (Å²) in [6, 6.07) is 0. The molecule has 142 valence electrons. The summed E-state index contributed by atoms with van der Waals surface area (Å²) in [5.41, 5.74) is 0. The first-order chi connectivity index (χ1) is 11.6. The fourth-order valence-electron chi connectivity index (χ4n) is 2.49. The van der Waals surface area contributed by atoms with Gasteiger partial charge in [0, 0.05) is 0 Å². The number of rotatable bonds is 15. The summed E-state index contributed by atoms with van der Waals surface area (Å²) in [5.74, 6) is 0.0719. The monoisotopic (exact) mass is 364 g/mol. The third-order valence-electron chi connectivity index (χ3n) is 4.46. The molecule has 0 fully saturated rings. The predicted molar refractivity (Wildman–Crippen MR) is 97.4 cm³/mol. The van der Waals surface area contributed by atoms with Crippen molar-refractivity contribution in [3.05, 3.63) is 6.42 Å². The van der Waals surface area contributed by atoms with Crippen LogP contribution in [0.5, 0.6) is 0 Å². The number of carbonyl (C=O) groups excluding carboxylic acids is 2. The molecule has 2 unspecified atom stereocenters. The van der Waals surface area contributed by atoms with Crippen LogP contribution in [0.15, 0.2) is 0 Å². The van der Waals surface area contributed by atoms with Crippen molar-refractivity contribution >= 4 is 11.9 Å². The molecule has 0 spiro atoms. The van der Waals surface area contributed by atoms with Gasteiger partial charge in [-0.1, -0.05) is 72.6 Å². The Balaban J connectivity index is 0. The second-order valence-electron chi connectivity index (χ2n) is 6.55. The fourth-order valence-corrected chi connectivity index (χ4v) is 2.49. The minimum atomic E-state index is -0.417. The van der Waals surface area contributed by atoms with Gasteiger partial charge in [0.05, 0.1) is 13.2 Å². The minimum Gasteiger partial charge on any atom is -0.488 e. The molecule has 0 rings (SSSR count). The van der Waals surface area contributed by atoms with Crippen LogP contribution < -0.4 is 29.6 Å². The van der Waals surface area contributed by atoms with E-state index in [0.717, 1.165) is 51.4 Å². The first-order valence-electron chi connectivity index (χ1n) is 9.72. The van der Waals surface area contributed by atoms with Crippen molar-refractivity contribution in [1.82, 2.24) is 0 Å². The molecular weight excluding hydrogens is 327 g/mol. The molecule has 0 saturated heterocycles. The fraction of sp³-hybridized carbons (Fsp3) is 0.850. The molecule has 0 aliphatic heterocycles. The van der Waals surface area contributed by atoms with Gasteiger partial charge in [-0.2, -0.15) is 0 Å². The van der Waals surface area contributed by atoms with Crippen LogP contribution in [0.2, 0.25) is 0 Å².